The standard InChI is InChI=1S/C18H29N5O2/c1-21(2)16-8-9-17(20-19-16)25-15-7-5-11-23(13-15)18(24)14-6-4-10-22(3)12-14/h8-9,14-15H,4-7,10-13H2,1-3H3. The lowest BCUT2D eigenvalue weighted by Gasteiger charge is -2.37. The number of anilines is 1. The van der Waals surface area contributed by atoms with Crippen LogP contribution in [0.3, 0.4) is 0 Å². The molecule has 1 amide bonds. The van der Waals surface area contributed by atoms with Gasteiger partial charge in [-0.15, -0.1) is 10.2 Å². The third kappa shape index (κ3) is 4.60. The molecule has 3 heterocycles. The average Bonchev–Trinajstić information content (AvgIpc) is 2.62. The van der Waals surface area contributed by atoms with E-state index in [-0.39, 0.29) is 17.9 Å². The Hall–Kier alpha value is -1.89. The second-order valence-corrected chi connectivity index (χ2v) is 7.39. The topological polar surface area (TPSA) is 61.8 Å². The number of ether oxygens (including phenoxy) is 1. The van der Waals surface area contributed by atoms with E-state index in [0.717, 1.165) is 51.1 Å². The van der Waals surface area contributed by atoms with Gasteiger partial charge in [0.25, 0.3) is 0 Å². The molecule has 2 atom stereocenters. The Morgan fingerprint density at radius 3 is 2.64 bits per heavy atom. The third-order valence-electron chi connectivity index (χ3n) is 5.04. The van der Waals surface area contributed by atoms with Crippen LogP contribution in [0.5, 0.6) is 5.88 Å². The Balaban J connectivity index is 1.56. The maximum absolute atomic E-state index is 12.8. The first-order valence-corrected chi connectivity index (χ1v) is 9.18. The van der Waals surface area contributed by atoms with Crippen LogP contribution >= 0.6 is 0 Å². The lowest BCUT2D eigenvalue weighted by Crippen LogP contribution is -2.49. The minimum absolute atomic E-state index is 0.00136. The normalized spacial score (nSPS) is 24.8. The van der Waals surface area contributed by atoms with Gasteiger partial charge in [0, 0.05) is 33.3 Å². The smallest absolute Gasteiger partial charge is 0.233 e. The fourth-order valence-corrected chi connectivity index (χ4v) is 3.65. The molecule has 138 valence electrons. The molecule has 0 N–H and O–H groups in total. The molecule has 3 rings (SSSR count). The Kier molecular flexibility index (Phi) is 5.73. The molecule has 2 unspecified atom stereocenters. The summed E-state index contributed by atoms with van der Waals surface area (Å²) in [6.45, 7) is 3.45. The van der Waals surface area contributed by atoms with Gasteiger partial charge >= 0.3 is 0 Å². The monoisotopic (exact) mass is 347 g/mol. The number of amides is 1. The first kappa shape index (κ1) is 17.9. The quantitative estimate of drug-likeness (QED) is 0.817. The molecule has 0 aromatic carbocycles. The zero-order valence-corrected chi connectivity index (χ0v) is 15.5. The summed E-state index contributed by atoms with van der Waals surface area (Å²) in [6, 6.07) is 3.74. The van der Waals surface area contributed by atoms with Gasteiger partial charge in [-0.05, 0) is 45.3 Å². The van der Waals surface area contributed by atoms with E-state index in [4.69, 9.17) is 4.74 Å². The van der Waals surface area contributed by atoms with Crippen molar-refractivity contribution in [3.05, 3.63) is 12.1 Å². The number of piperidine rings is 2. The Labute approximate surface area is 149 Å². The number of hydrogen-bond donors (Lipinski definition) is 0. The molecular formula is C18H29N5O2. The molecule has 0 radical (unpaired) electrons. The van der Waals surface area contributed by atoms with Gasteiger partial charge in [0.1, 0.15) is 6.10 Å². The van der Waals surface area contributed by atoms with Crippen molar-refractivity contribution in [2.75, 3.05) is 52.2 Å². The summed E-state index contributed by atoms with van der Waals surface area (Å²) in [6.07, 6.45) is 4.03. The van der Waals surface area contributed by atoms with Crippen LogP contribution in [0, 0.1) is 5.92 Å². The zero-order chi connectivity index (χ0) is 17.8. The highest BCUT2D eigenvalue weighted by Gasteiger charge is 2.31. The van der Waals surface area contributed by atoms with Crippen LogP contribution in [0.25, 0.3) is 0 Å². The maximum Gasteiger partial charge on any atom is 0.233 e. The minimum atomic E-state index is -0.00136. The van der Waals surface area contributed by atoms with E-state index in [1.54, 1.807) is 0 Å². The minimum Gasteiger partial charge on any atom is -0.471 e. The van der Waals surface area contributed by atoms with Crippen molar-refractivity contribution < 1.29 is 9.53 Å². The van der Waals surface area contributed by atoms with Crippen molar-refractivity contribution in [1.82, 2.24) is 20.0 Å². The van der Waals surface area contributed by atoms with Gasteiger partial charge < -0.3 is 19.4 Å². The fourth-order valence-electron chi connectivity index (χ4n) is 3.65. The number of aromatic nitrogens is 2. The van der Waals surface area contributed by atoms with E-state index in [1.807, 2.05) is 36.0 Å². The molecule has 2 fully saturated rings. The highest BCUT2D eigenvalue weighted by Crippen LogP contribution is 2.22. The van der Waals surface area contributed by atoms with Crippen LogP contribution in [-0.2, 0) is 4.79 Å². The fraction of sp³-hybridized carbons (Fsp3) is 0.722. The second kappa shape index (κ2) is 7.99. The van der Waals surface area contributed by atoms with Crippen molar-refractivity contribution in [3.8, 4) is 5.88 Å². The van der Waals surface area contributed by atoms with Gasteiger partial charge in [-0.3, -0.25) is 4.79 Å². The van der Waals surface area contributed by atoms with Crippen molar-refractivity contribution in [1.29, 1.82) is 0 Å². The lowest BCUT2D eigenvalue weighted by atomic mass is 9.95. The second-order valence-electron chi connectivity index (χ2n) is 7.39. The maximum atomic E-state index is 12.8. The molecule has 7 heteroatoms. The van der Waals surface area contributed by atoms with Gasteiger partial charge in [0.15, 0.2) is 5.82 Å². The third-order valence-corrected chi connectivity index (χ3v) is 5.04. The molecule has 1 aromatic heterocycles. The predicted octanol–water partition coefficient (Wildman–Crippen LogP) is 1.25. The van der Waals surface area contributed by atoms with Crippen LogP contribution in [0.1, 0.15) is 25.7 Å². The number of likely N-dealkylation sites (tertiary alicyclic amines) is 2. The highest BCUT2D eigenvalue weighted by molar-refractivity contribution is 5.79. The van der Waals surface area contributed by atoms with E-state index < -0.39 is 0 Å². The van der Waals surface area contributed by atoms with Crippen molar-refractivity contribution in [3.63, 3.8) is 0 Å². The molecule has 0 spiro atoms. The van der Waals surface area contributed by atoms with Gasteiger partial charge in [0.05, 0.1) is 12.5 Å². The summed E-state index contributed by atoms with van der Waals surface area (Å²) < 4.78 is 5.98. The van der Waals surface area contributed by atoms with Gasteiger partial charge in [0.2, 0.25) is 11.8 Å². The van der Waals surface area contributed by atoms with Crippen LogP contribution in [-0.4, -0.2) is 79.3 Å². The molecule has 0 aliphatic carbocycles. The van der Waals surface area contributed by atoms with E-state index in [1.165, 1.54) is 0 Å². The first-order valence-electron chi connectivity index (χ1n) is 9.18. The van der Waals surface area contributed by atoms with Gasteiger partial charge in [-0.2, -0.15) is 0 Å². The molecule has 1 aromatic rings. The van der Waals surface area contributed by atoms with Crippen LogP contribution in [0.2, 0.25) is 0 Å². The number of carbonyl (C=O) groups excluding carboxylic acids is 1. The molecule has 2 aliphatic rings. The number of carbonyl (C=O) groups is 1. The van der Waals surface area contributed by atoms with Crippen molar-refractivity contribution in [2.24, 2.45) is 5.92 Å². The van der Waals surface area contributed by atoms with E-state index in [2.05, 4.69) is 22.1 Å². The lowest BCUT2D eigenvalue weighted by molar-refractivity contribution is -0.139. The molecule has 0 saturated carbocycles. The molecule has 25 heavy (non-hydrogen) atoms. The number of nitrogens with zero attached hydrogens (tertiary/aromatic N) is 5. The number of rotatable bonds is 4. The first-order chi connectivity index (χ1) is 12.0. The zero-order valence-electron chi connectivity index (χ0n) is 15.5. The summed E-state index contributed by atoms with van der Waals surface area (Å²) in [4.78, 5) is 19.0. The van der Waals surface area contributed by atoms with E-state index in [0.29, 0.717) is 12.4 Å². The van der Waals surface area contributed by atoms with Crippen molar-refractivity contribution in [2.45, 2.75) is 31.8 Å². The van der Waals surface area contributed by atoms with Gasteiger partial charge in [-0.25, -0.2) is 0 Å². The van der Waals surface area contributed by atoms with Crippen molar-refractivity contribution >= 4 is 11.7 Å². The largest absolute Gasteiger partial charge is 0.471 e. The van der Waals surface area contributed by atoms with Crippen LogP contribution in [0.4, 0.5) is 5.82 Å². The van der Waals surface area contributed by atoms with Crippen LogP contribution in [0.15, 0.2) is 12.1 Å². The molecule has 2 aliphatic heterocycles. The van der Waals surface area contributed by atoms with E-state index in [9.17, 15) is 4.79 Å². The number of hydrogen-bond acceptors (Lipinski definition) is 6. The SMILES string of the molecule is CN1CCCC(C(=O)N2CCCC(Oc3ccc(N(C)C)nn3)C2)C1. The molecule has 0 bridgehead atoms. The molecule has 7 nitrogen and oxygen atoms in total. The highest BCUT2D eigenvalue weighted by atomic mass is 16.5. The van der Waals surface area contributed by atoms with Gasteiger partial charge in [-0.1, -0.05) is 0 Å². The summed E-state index contributed by atoms with van der Waals surface area (Å²) >= 11 is 0. The summed E-state index contributed by atoms with van der Waals surface area (Å²) in [7, 11) is 5.95. The Bertz CT molecular complexity index is 577. The van der Waals surface area contributed by atoms with Crippen LogP contribution < -0.4 is 9.64 Å². The Morgan fingerprint density at radius 1 is 1.16 bits per heavy atom. The predicted molar refractivity (Wildman–Crippen MR) is 96.8 cm³/mol. The average molecular weight is 347 g/mol. The summed E-state index contributed by atoms with van der Waals surface area (Å²) in [5.41, 5.74) is 0. The van der Waals surface area contributed by atoms with E-state index >= 15 is 0 Å². The summed E-state index contributed by atoms with van der Waals surface area (Å²) in [5, 5.41) is 8.28. The Morgan fingerprint density at radius 2 is 1.96 bits per heavy atom. The molecule has 2 saturated heterocycles. The molecular weight excluding hydrogens is 318 g/mol. The summed E-state index contributed by atoms with van der Waals surface area (Å²) in [5.74, 6) is 1.75.